The SMILES string of the molecule is COc1ccc(C(=O)c2sc3nc(N)c(C#N)c(C4CCCCC4)c3c2N)cc1. The van der Waals surface area contributed by atoms with E-state index in [1.54, 1.807) is 31.4 Å². The Hall–Kier alpha value is -3.11. The number of nitrogen functional groups attached to an aromatic ring is 2. The molecule has 0 unspecified atom stereocenters. The van der Waals surface area contributed by atoms with Gasteiger partial charge < -0.3 is 16.2 Å². The predicted octanol–water partition coefficient (Wildman–Crippen LogP) is 4.62. The van der Waals surface area contributed by atoms with Crippen molar-refractivity contribution in [2.75, 3.05) is 18.6 Å². The lowest BCUT2D eigenvalue weighted by atomic mass is 9.81. The molecule has 0 radical (unpaired) electrons. The Morgan fingerprint density at radius 3 is 2.52 bits per heavy atom. The van der Waals surface area contributed by atoms with Gasteiger partial charge in [0.1, 0.15) is 27.3 Å². The van der Waals surface area contributed by atoms with Crippen LogP contribution in [0.15, 0.2) is 24.3 Å². The van der Waals surface area contributed by atoms with Crippen molar-refractivity contribution < 1.29 is 9.53 Å². The molecule has 1 saturated carbocycles. The average Bonchev–Trinajstić information content (AvgIpc) is 3.08. The maximum Gasteiger partial charge on any atom is 0.205 e. The second-order valence-electron chi connectivity index (χ2n) is 7.32. The number of anilines is 2. The van der Waals surface area contributed by atoms with Crippen LogP contribution in [0.1, 0.15) is 64.4 Å². The van der Waals surface area contributed by atoms with Gasteiger partial charge in [0, 0.05) is 10.9 Å². The van der Waals surface area contributed by atoms with E-state index in [4.69, 9.17) is 16.2 Å². The van der Waals surface area contributed by atoms with Gasteiger partial charge in [-0.1, -0.05) is 19.3 Å². The maximum absolute atomic E-state index is 13.1. The van der Waals surface area contributed by atoms with Gasteiger partial charge in [-0.25, -0.2) is 4.98 Å². The second kappa shape index (κ2) is 7.72. The number of benzene rings is 1. The number of hydrogen-bond acceptors (Lipinski definition) is 7. The summed E-state index contributed by atoms with van der Waals surface area (Å²) in [7, 11) is 1.58. The molecule has 0 amide bonds. The van der Waals surface area contributed by atoms with Gasteiger partial charge in [0.2, 0.25) is 5.78 Å². The summed E-state index contributed by atoms with van der Waals surface area (Å²) in [6, 6.07) is 9.15. The second-order valence-corrected chi connectivity index (χ2v) is 8.31. The Kier molecular flexibility index (Phi) is 5.12. The highest BCUT2D eigenvalue weighted by atomic mass is 32.1. The standard InChI is InChI=1S/C22H22N4O2S/c1-28-14-9-7-13(8-10-14)19(27)20-18(24)17-16(12-5-3-2-4-6-12)15(11-23)21(25)26-22(17)29-20/h7-10,12H,2-6,24H2,1H3,(H2,25,26). The number of rotatable bonds is 4. The molecule has 1 aliphatic rings. The number of methoxy groups -OCH3 is 1. The first-order valence-corrected chi connectivity index (χ1v) is 10.5. The summed E-state index contributed by atoms with van der Waals surface area (Å²) < 4.78 is 5.16. The van der Waals surface area contributed by atoms with E-state index in [-0.39, 0.29) is 17.5 Å². The van der Waals surface area contributed by atoms with Gasteiger partial charge in [0.05, 0.1) is 18.4 Å². The number of hydrogen-bond donors (Lipinski definition) is 2. The van der Waals surface area contributed by atoms with Crippen molar-refractivity contribution in [3.63, 3.8) is 0 Å². The largest absolute Gasteiger partial charge is 0.497 e. The number of thiophene rings is 1. The Morgan fingerprint density at radius 2 is 1.90 bits per heavy atom. The molecule has 2 heterocycles. The summed E-state index contributed by atoms with van der Waals surface area (Å²) >= 11 is 1.24. The van der Waals surface area contributed by atoms with Crippen LogP contribution < -0.4 is 16.2 Å². The van der Waals surface area contributed by atoms with Crippen molar-refractivity contribution in [3.8, 4) is 11.8 Å². The third-order valence-corrected chi connectivity index (χ3v) is 6.73. The fraction of sp³-hybridized carbons (Fsp3) is 0.318. The number of ether oxygens (including phenoxy) is 1. The lowest BCUT2D eigenvalue weighted by molar-refractivity contribution is 0.104. The van der Waals surface area contributed by atoms with Crippen LogP contribution >= 0.6 is 11.3 Å². The molecule has 4 N–H and O–H groups in total. The fourth-order valence-electron chi connectivity index (χ4n) is 4.16. The van der Waals surface area contributed by atoms with E-state index in [0.717, 1.165) is 36.6 Å². The Morgan fingerprint density at radius 1 is 1.21 bits per heavy atom. The molecule has 3 aromatic rings. The smallest absolute Gasteiger partial charge is 0.205 e. The van der Waals surface area contributed by atoms with Crippen LogP contribution in [0.3, 0.4) is 0 Å². The number of nitriles is 1. The van der Waals surface area contributed by atoms with Crippen molar-refractivity contribution in [2.45, 2.75) is 38.0 Å². The van der Waals surface area contributed by atoms with Crippen LogP contribution in [0.2, 0.25) is 0 Å². The average molecular weight is 407 g/mol. The molecule has 0 spiro atoms. The fourth-order valence-corrected chi connectivity index (χ4v) is 5.24. The normalized spacial score (nSPS) is 14.6. The Balaban J connectivity index is 1.88. The van der Waals surface area contributed by atoms with Gasteiger partial charge >= 0.3 is 0 Å². The summed E-state index contributed by atoms with van der Waals surface area (Å²) in [6.45, 7) is 0. The third kappa shape index (κ3) is 3.30. The minimum Gasteiger partial charge on any atom is -0.497 e. The topological polar surface area (TPSA) is 115 Å². The number of carbonyl (C=O) groups excluding carboxylic acids is 1. The molecule has 1 fully saturated rings. The molecule has 2 aromatic heterocycles. The number of ketones is 1. The van der Waals surface area contributed by atoms with Crippen LogP contribution in [-0.4, -0.2) is 17.9 Å². The third-order valence-electron chi connectivity index (χ3n) is 5.63. The first kappa shape index (κ1) is 19.2. The molecule has 0 saturated heterocycles. The molecule has 1 aromatic carbocycles. The molecule has 0 bridgehead atoms. The summed E-state index contributed by atoms with van der Waals surface area (Å²) in [4.78, 5) is 18.6. The molecule has 0 aliphatic heterocycles. The minimum absolute atomic E-state index is 0.167. The van der Waals surface area contributed by atoms with Gasteiger partial charge in [-0.15, -0.1) is 11.3 Å². The number of fused-ring (bicyclic) bond motifs is 1. The summed E-state index contributed by atoms with van der Waals surface area (Å²) in [6.07, 6.45) is 5.40. The highest BCUT2D eigenvalue weighted by Gasteiger charge is 2.28. The van der Waals surface area contributed by atoms with E-state index >= 15 is 0 Å². The van der Waals surface area contributed by atoms with Gasteiger partial charge in [-0.05, 0) is 48.6 Å². The Bertz CT molecular complexity index is 1120. The zero-order valence-corrected chi connectivity index (χ0v) is 17.0. The maximum atomic E-state index is 13.1. The molecule has 29 heavy (non-hydrogen) atoms. The van der Waals surface area contributed by atoms with Gasteiger partial charge in [0.15, 0.2) is 0 Å². The van der Waals surface area contributed by atoms with Crippen molar-refractivity contribution in [1.29, 1.82) is 5.26 Å². The molecule has 0 atom stereocenters. The van der Waals surface area contributed by atoms with E-state index in [0.29, 0.717) is 32.3 Å². The van der Waals surface area contributed by atoms with Crippen molar-refractivity contribution in [1.82, 2.24) is 4.98 Å². The van der Waals surface area contributed by atoms with E-state index in [2.05, 4.69) is 11.1 Å². The molecule has 7 heteroatoms. The van der Waals surface area contributed by atoms with Gasteiger partial charge in [-0.2, -0.15) is 5.26 Å². The van der Waals surface area contributed by atoms with Crippen molar-refractivity contribution >= 4 is 38.8 Å². The lowest BCUT2D eigenvalue weighted by Crippen LogP contribution is -2.10. The summed E-state index contributed by atoms with van der Waals surface area (Å²) in [5.41, 5.74) is 14.8. The molecular formula is C22H22N4O2S. The molecule has 148 valence electrons. The van der Waals surface area contributed by atoms with Crippen LogP contribution in [0, 0.1) is 11.3 Å². The van der Waals surface area contributed by atoms with E-state index in [1.165, 1.54) is 17.8 Å². The summed E-state index contributed by atoms with van der Waals surface area (Å²) in [5.74, 6) is 0.940. The van der Waals surface area contributed by atoms with E-state index in [1.807, 2.05) is 0 Å². The zero-order chi connectivity index (χ0) is 20.5. The first-order valence-electron chi connectivity index (χ1n) is 9.65. The van der Waals surface area contributed by atoms with E-state index < -0.39 is 0 Å². The highest BCUT2D eigenvalue weighted by molar-refractivity contribution is 7.21. The van der Waals surface area contributed by atoms with Crippen LogP contribution in [-0.2, 0) is 0 Å². The lowest BCUT2D eigenvalue weighted by Gasteiger charge is -2.24. The quantitative estimate of drug-likeness (QED) is 0.611. The first-order chi connectivity index (χ1) is 14.0. The summed E-state index contributed by atoms with van der Waals surface area (Å²) in [5, 5.41) is 10.5. The van der Waals surface area contributed by atoms with Crippen molar-refractivity contribution in [3.05, 3.63) is 45.8 Å². The highest BCUT2D eigenvalue weighted by Crippen LogP contribution is 2.45. The Labute approximate surface area is 173 Å². The van der Waals surface area contributed by atoms with Crippen LogP contribution in [0.4, 0.5) is 11.5 Å². The van der Waals surface area contributed by atoms with Crippen molar-refractivity contribution in [2.24, 2.45) is 0 Å². The number of pyridine rings is 1. The number of nitrogens with two attached hydrogens (primary N) is 2. The van der Waals surface area contributed by atoms with Crippen LogP contribution in [0.25, 0.3) is 10.2 Å². The molecule has 1 aliphatic carbocycles. The molecule has 6 nitrogen and oxygen atoms in total. The molecule has 4 rings (SSSR count). The number of nitrogens with zero attached hydrogens (tertiary/aromatic N) is 2. The minimum atomic E-state index is -0.167. The van der Waals surface area contributed by atoms with Gasteiger partial charge in [-0.3, -0.25) is 4.79 Å². The molecular weight excluding hydrogens is 384 g/mol. The van der Waals surface area contributed by atoms with Gasteiger partial charge in [0.25, 0.3) is 0 Å². The number of carbonyl (C=O) groups is 1. The predicted molar refractivity (Wildman–Crippen MR) is 115 cm³/mol. The van der Waals surface area contributed by atoms with E-state index in [9.17, 15) is 10.1 Å². The number of aromatic nitrogens is 1. The van der Waals surface area contributed by atoms with Crippen LogP contribution in [0.5, 0.6) is 5.75 Å². The monoisotopic (exact) mass is 406 g/mol. The zero-order valence-electron chi connectivity index (χ0n) is 16.2.